The van der Waals surface area contributed by atoms with Gasteiger partial charge in [0.15, 0.2) is 5.96 Å². The van der Waals surface area contributed by atoms with Gasteiger partial charge in [-0.05, 0) is 31.5 Å². The quantitative estimate of drug-likeness (QED) is 0.363. The Kier molecular flexibility index (Phi) is 10.2. The summed E-state index contributed by atoms with van der Waals surface area (Å²) in [5, 5.41) is 12.3. The Morgan fingerprint density at radius 2 is 1.88 bits per heavy atom. The predicted octanol–water partition coefficient (Wildman–Crippen LogP) is 2.70. The van der Waals surface area contributed by atoms with E-state index in [4.69, 9.17) is 5.11 Å². The van der Waals surface area contributed by atoms with E-state index in [0.717, 1.165) is 43.2 Å². The lowest BCUT2D eigenvalue weighted by Crippen LogP contribution is -2.52. The van der Waals surface area contributed by atoms with Crippen LogP contribution in [-0.2, 0) is 0 Å². The van der Waals surface area contributed by atoms with Gasteiger partial charge in [0.05, 0.1) is 13.2 Å². The molecule has 2 rings (SSSR count). The molecule has 0 spiro atoms. The average molecular weight is 511 g/mol. The number of piperazine rings is 1. The number of aliphatic hydroxyl groups excluding tert-OH is 1. The van der Waals surface area contributed by atoms with Crippen molar-refractivity contribution in [2.75, 3.05) is 45.9 Å². The van der Waals surface area contributed by atoms with Gasteiger partial charge < -0.3 is 15.3 Å². The number of nitrogens with one attached hydrogen (secondary N) is 1. The average Bonchev–Trinajstić information content (AvgIpc) is 2.59. The largest absolute Gasteiger partial charge is 0.394 e. The van der Waals surface area contributed by atoms with Crippen LogP contribution in [0.3, 0.4) is 0 Å². The summed E-state index contributed by atoms with van der Waals surface area (Å²) >= 11 is 3.49. The molecule has 1 saturated heterocycles. The summed E-state index contributed by atoms with van der Waals surface area (Å²) < 4.78 is 1.12. The third-order valence-electron chi connectivity index (χ3n) is 4.21. The van der Waals surface area contributed by atoms with Crippen LogP contribution in [-0.4, -0.2) is 66.7 Å². The summed E-state index contributed by atoms with van der Waals surface area (Å²) in [4.78, 5) is 9.24. The van der Waals surface area contributed by atoms with Crippen LogP contribution >= 0.6 is 39.9 Å². The molecule has 1 fully saturated rings. The number of halogens is 2. The Morgan fingerprint density at radius 3 is 2.42 bits per heavy atom. The number of nitrogens with zero attached hydrogens (tertiary/aromatic N) is 3. The predicted molar refractivity (Wildman–Crippen MR) is 114 cm³/mol. The Balaban J connectivity index is 0.00000288. The number of hydrogen-bond acceptors (Lipinski definition) is 3. The molecule has 1 aromatic rings. The third kappa shape index (κ3) is 6.16. The monoisotopic (exact) mass is 510 g/mol. The van der Waals surface area contributed by atoms with Gasteiger partial charge in [-0.3, -0.25) is 9.89 Å². The maximum atomic E-state index is 8.98. The van der Waals surface area contributed by atoms with Crippen molar-refractivity contribution in [3.05, 3.63) is 34.3 Å². The number of benzene rings is 1. The maximum Gasteiger partial charge on any atom is 0.194 e. The van der Waals surface area contributed by atoms with Crippen LogP contribution < -0.4 is 5.32 Å². The second-order valence-corrected chi connectivity index (χ2v) is 6.63. The summed E-state index contributed by atoms with van der Waals surface area (Å²) in [5.74, 6) is 0.914. The zero-order chi connectivity index (χ0) is 16.7. The molecule has 1 aliphatic heterocycles. The molecular formula is C17H28BrIN4O. The zero-order valence-corrected chi connectivity index (χ0v) is 18.3. The zero-order valence-electron chi connectivity index (χ0n) is 14.4. The molecule has 0 aromatic heterocycles. The molecule has 1 atom stereocenters. The summed E-state index contributed by atoms with van der Waals surface area (Å²) in [5.41, 5.74) is 1.35. The lowest BCUT2D eigenvalue weighted by Gasteiger charge is -2.39. The van der Waals surface area contributed by atoms with E-state index in [9.17, 15) is 0 Å². The molecule has 0 radical (unpaired) electrons. The van der Waals surface area contributed by atoms with Gasteiger partial charge in [0.1, 0.15) is 0 Å². The van der Waals surface area contributed by atoms with E-state index in [2.05, 4.69) is 74.2 Å². The molecule has 2 N–H and O–H groups in total. The highest BCUT2D eigenvalue weighted by atomic mass is 127. The van der Waals surface area contributed by atoms with Crippen molar-refractivity contribution in [2.24, 2.45) is 4.99 Å². The van der Waals surface area contributed by atoms with E-state index >= 15 is 0 Å². The van der Waals surface area contributed by atoms with Gasteiger partial charge in [-0.15, -0.1) is 24.0 Å². The van der Waals surface area contributed by atoms with Crippen molar-refractivity contribution in [1.29, 1.82) is 0 Å². The highest BCUT2D eigenvalue weighted by Gasteiger charge is 2.23. The van der Waals surface area contributed by atoms with Gasteiger partial charge in [-0.1, -0.05) is 28.1 Å². The van der Waals surface area contributed by atoms with Crippen molar-refractivity contribution in [1.82, 2.24) is 15.1 Å². The van der Waals surface area contributed by atoms with Crippen LogP contribution in [0.25, 0.3) is 0 Å². The van der Waals surface area contributed by atoms with Crippen molar-refractivity contribution in [3.8, 4) is 0 Å². The van der Waals surface area contributed by atoms with Gasteiger partial charge >= 0.3 is 0 Å². The van der Waals surface area contributed by atoms with Gasteiger partial charge in [-0.25, -0.2) is 0 Å². The summed E-state index contributed by atoms with van der Waals surface area (Å²) in [6, 6.07) is 9.00. The molecule has 1 aliphatic rings. The maximum absolute atomic E-state index is 8.98. The van der Waals surface area contributed by atoms with Gasteiger partial charge in [0.2, 0.25) is 0 Å². The fraction of sp³-hybridized carbons (Fsp3) is 0.588. The lowest BCUT2D eigenvalue weighted by atomic mass is 10.1. The molecule has 24 heavy (non-hydrogen) atoms. The van der Waals surface area contributed by atoms with E-state index in [1.807, 2.05) is 0 Å². The number of guanidine groups is 1. The van der Waals surface area contributed by atoms with Crippen molar-refractivity contribution in [3.63, 3.8) is 0 Å². The smallest absolute Gasteiger partial charge is 0.194 e. The third-order valence-corrected chi connectivity index (χ3v) is 4.74. The summed E-state index contributed by atoms with van der Waals surface area (Å²) in [6.07, 6.45) is 0. The standard InChI is InChI=1S/C17H27BrN4O.HI/c1-3-19-17(20-8-13-23)22-11-9-21(10-12-22)14(2)15-4-6-16(18)7-5-15;/h4-7,14,23H,3,8-13H2,1-2H3,(H,19,20);1H. The molecule has 1 heterocycles. The molecule has 7 heteroatoms. The molecule has 0 bridgehead atoms. The first-order valence-corrected chi connectivity index (χ1v) is 9.08. The molecular weight excluding hydrogens is 483 g/mol. The first-order valence-electron chi connectivity index (χ1n) is 8.29. The molecule has 0 saturated carbocycles. The summed E-state index contributed by atoms with van der Waals surface area (Å²) in [7, 11) is 0. The number of aliphatic imine (C=N–C) groups is 1. The molecule has 136 valence electrons. The first kappa shape index (κ1) is 21.7. The van der Waals surface area contributed by atoms with E-state index < -0.39 is 0 Å². The fourth-order valence-corrected chi connectivity index (χ4v) is 3.12. The van der Waals surface area contributed by atoms with E-state index in [1.165, 1.54) is 5.56 Å². The second-order valence-electron chi connectivity index (χ2n) is 5.71. The molecule has 0 aliphatic carbocycles. The SMILES string of the molecule is CCNC(=NCCO)N1CCN(C(C)c2ccc(Br)cc2)CC1.I. The number of hydrogen-bond donors (Lipinski definition) is 2. The highest BCUT2D eigenvalue weighted by molar-refractivity contribution is 14.0. The molecule has 0 amide bonds. The molecule has 1 unspecified atom stereocenters. The van der Waals surface area contributed by atoms with Crippen LogP contribution in [0.1, 0.15) is 25.5 Å². The van der Waals surface area contributed by atoms with E-state index in [-0.39, 0.29) is 30.6 Å². The van der Waals surface area contributed by atoms with Gasteiger partial charge in [0.25, 0.3) is 0 Å². The number of aliphatic hydroxyl groups is 1. The van der Waals surface area contributed by atoms with Crippen LogP contribution in [0.15, 0.2) is 33.7 Å². The highest BCUT2D eigenvalue weighted by Crippen LogP contribution is 2.23. The first-order chi connectivity index (χ1) is 11.2. The van der Waals surface area contributed by atoms with Crippen molar-refractivity contribution in [2.45, 2.75) is 19.9 Å². The van der Waals surface area contributed by atoms with E-state index in [1.54, 1.807) is 0 Å². The Bertz CT molecular complexity index is 504. The molecule has 5 nitrogen and oxygen atoms in total. The minimum atomic E-state index is 0. The minimum Gasteiger partial charge on any atom is -0.394 e. The van der Waals surface area contributed by atoms with Crippen molar-refractivity contribution < 1.29 is 5.11 Å². The fourth-order valence-electron chi connectivity index (χ4n) is 2.85. The topological polar surface area (TPSA) is 51.1 Å². The Hall–Kier alpha value is -0.380. The Labute approximate surface area is 170 Å². The van der Waals surface area contributed by atoms with E-state index in [0.29, 0.717) is 12.6 Å². The lowest BCUT2D eigenvalue weighted by molar-refractivity contribution is 0.138. The van der Waals surface area contributed by atoms with Crippen LogP contribution in [0.5, 0.6) is 0 Å². The van der Waals surface area contributed by atoms with Crippen LogP contribution in [0.4, 0.5) is 0 Å². The molecule has 1 aromatic carbocycles. The van der Waals surface area contributed by atoms with Crippen molar-refractivity contribution >= 4 is 45.9 Å². The minimum absolute atomic E-state index is 0. The Morgan fingerprint density at radius 1 is 1.25 bits per heavy atom. The summed E-state index contributed by atoms with van der Waals surface area (Å²) in [6.45, 7) is 9.68. The second kappa shape index (κ2) is 11.3. The van der Waals surface area contributed by atoms with Gasteiger partial charge in [0, 0.05) is 43.2 Å². The van der Waals surface area contributed by atoms with Gasteiger partial charge in [-0.2, -0.15) is 0 Å². The van der Waals surface area contributed by atoms with Crippen LogP contribution in [0, 0.1) is 0 Å². The normalized spacial score (nSPS) is 17.3. The van der Waals surface area contributed by atoms with Crippen LogP contribution in [0.2, 0.25) is 0 Å². The number of rotatable bonds is 5.